The van der Waals surface area contributed by atoms with Crippen molar-refractivity contribution < 1.29 is 13.9 Å². The second kappa shape index (κ2) is 7.47. The highest BCUT2D eigenvalue weighted by Crippen LogP contribution is 2.27. The fourth-order valence-corrected chi connectivity index (χ4v) is 2.25. The van der Waals surface area contributed by atoms with Crippen molar-refractivity contribution >= 4 is 29.1 Å². The summed E-state index contributed by atoms with van der Waals surface area (Å²) in [6.45, 7) is 1.46. The van der Waals surface area contributed by atoms with Crippen LogP contribution >= 0.6 is 23.2 Å². The van der Waals surface area contributed by atoms with E-state index < -0.39 is 6.04 Å². The number of hydrogen-bond donors (Lipinski definition) is 1. The third-order valence-corrected chi connectivity index (χ3v) is 3.55. The van der Waals surface area contributed by atoms with Crippen LogP contribution in [0.15, 0.2) is 42.5 Å². The molecule has 0 fully saturated rings. The van der Waals surface area contributed by atoms with E-state index in [1.807, 2.05) is 0 Å². The second-order valence-corrected chi connectivity index (χ2v) is 5.52. The highest BCUT2D eigenvalue weighted by Gasteiger charge is 2.14. The van der Waals surface area contributed by atoms with Gasteiger partial charge >= 0.3 is 0 Å². The Morgan fingerprint density at radius 3 is 2.73 bits per heavy atom. The van der Waals surface area contributed by atoms with Crippen LogP contribution < -0.4 is 10.1 Å². The lowest BCUT2D eigenvalue weighted by molar-refractivity contribution is -0.123. The number of hydrogen-bond acceptors (Lipinski definition) is 2. The SMILES string of the molecule is CC(NC(=O)COc1cc(Cl)ccc1Cl)c1ccccc1F. The molecule has 6 heteroatoms. The van der Waals surface area contributed by atoms with Gasteiger partial charge in [-0.05, 0) is 25.1 Å². The van der Waals surface area contributed by atoms with E-state index in [0.29, 0.717) is 21.4 Å². The molecule has 2 rings (SSSR count). The fraction of sp³-hybridized carbons (Fsp3) is 0.188. The molecule has 0 heterocycles. The molecule has 1 atom stereocenters. The first-order chi connectivity index (χ1) is 10.5. The molecule has 3 nitrogen and oxygen atoms in total. The maximum atomic E-state index is 13.6. The summed E-state index contributed by atoms with van der Waals surface area (Å²) < 4.78 is 18.9. The van der Waals surface area contributed by atoms with Crippen molar-refractivity contribution in [3.63, 3.8) is 0 Å². The molecule has 22 heavy (non-hydrogen) atoms. The van der Waals surface area contributed by atoms with E-state index in [1.165, 1.54) is 12.1 Å². The van der Waals surface area contributed by atoms with E-state index in [-0.39, 0.29) is 18.3 Å². The number of nitrogens with one attached hydrogen (secondary N) is 1. The molecule has 0 spiro atoms. The van der Waals surface area contributed by atoms with Crippen LogP contribution in [0.3, 0.4) is 0 Å². The standard InChI is InChI=1S/C16H14Cl2FNO2/c1-10(12-4-2-3-5-14(12)19)20-16(21)9-22-15-8-11(17)6-7-13(15)18/h2-8,10H,9H2,1H3,(H,20,21). The Hall–Kier alpha value is -1.78. The van der Waals surface area contributed by atoms with Gasteiger partial charge in [0, 0.05) is 16.7 Å². The molecular formula is C16H14Cl2FNO2. The predicted octanol–water partition coefficient (Wildman–Crippen LogP) is 4.39. The van der Waals surface area contributed by atoms with Crippen LogP contribution in [0.2, 0.25) is 10.0 Å². The number of ether oxygens (including phenoxy) is 1. The third-order valence-electron chi connectivity index (χ3n) is 3.00. The minimum Gasteiger partial charge on any atom is -0.482 e. The van der Waals surface area contributed by atoms with Crippen LogP contribution in [0.4, 0.5) is 4.39 Å². The molecule has 0 radical (unpaired) electrons. The van der Waals surface area contributed by atoms with E-state index in [9.17, 15) is 9.18 Å². The average molecular weight is 342 g/mol. The molecule has 1 N–H and O–H groups in total. The van der Waals surface area contributed by atoms with Crippen LogP contribution in [0, 0.1) is 5.82 Å². The molecule has 0 aliphatic rings. The van der Waals surface area contributed by atoms with Crippen molar-refractivity contribution in [3.05, 3.63) is 63.9 Å². The van der Waals surface area contributed by atoms with Gasteiger partial charge in [-0.25, -0.2) is 4.39 Å². The summed E-state index contributed by atoms with van der Waals surface area (Å²) in [6.07, 6.45) is 0. The topological polar surface area (TPSA) is 38.3 Å². The van der Waals surface area contributed by atoms with Crippen molar-refractivity contribution in [2.45, 2.75) is 13.0 Å². The van der Waals surface area contributed by atoms with Crippen molar-refractivity contribution in [2.24, 2.45) is 0 Å². The molecule has 0 aliphatic carbocycles. The molecule has 0 bridgehead atoms. The predicted molar refractivity (Wildman–Crippen MR) is 84.9 cm³/mol. The van der Waals surface area contributed by atoms with Crippen molar-refractivity contribution in [1.82, 2.24) is 5.32 Å². The molecule has 116 valence electrons. The van der Waals surface area contributed by atoms with Gasteiger partial charge in [-0.15, -0.1) is 0 Å². The summed E-state index contributed by atoms with van der Waals surface area (Å²) in [6, 6.07) is 10.5. The minimum absolute atomic E-state index is 0.237. The Kier molecular flexibility index (Phi) is 5.63. The lowest BCUT2D eigenvalue weighted by Gasteiger charge is -2.15. The Balaban J connectivity index is 1.93. The summed E-state index contributed by atoms with van der Waals surface area (Å²) in [5.41, 5.74) is 0.414. The molecule has 0 aromatic heterocycles. The van der Waals surface area contributed by atoms with Gasteiger partial charge in [0.05, 0.1) is 11.1 Å². The molecular weight excluding hydrogens is 328 g/mol. The van der Waals surface area contributed by atoms with Gasteiger partial charge in [0.25, 0.3) is 5.91 Å². The molecule has 0 saturated heterocycles. The summed E-state index contributed by atoms with van der Waals surface area (Å²) in [5, 5.41) is 3.48. The van der Waals surface area contributed by atoms with Gasteiger partial charge in [-0.3, -0.25) is 4.79 Å². The maximum absolute atomic E-state index is 13.6. The van der Waals surface area contributed by atoms with Crippen LogP contribution in [0.1, 0.15) is 18.5 Å². The van der Waals surface area contributed by atoms with Gasteiger partial charge in [0.2, 0.25) is 0 Å². The number of carbonyl (C=O) groups is 1. The van der Waals surface area contributed by atoms with Crippen LogP contribution in [-0.2, 0) is 4.79 Å². The average Bonchev–Trinajstić information content (AvgIpc) is 2.48. The van der Waals surface area contributed by atoms with Gasteiger partial charge in [0.15, 0.2) is 6.61 Å². The lowest BCUT2D eigenvalue weighted by atomic mass is 10.1. The summed E-state index contributed by atoms with van der Waals surface area (Å²) >= 11 is 11.8. The first-order valence-electron chi connectivity index (χ1n) is 6.59. The minimum atomic E-state index is -0.466. The Morgan fingerprint density at radius 2 is 2.00 bits per heavy atom. The zero-order valence-electron chi connectivity index (χ0n) is 11.8. The van der Waals surface area contributed by atoms with Crippen LogP contribution in [-0.4, -0.2) is 12.5 Å². The number of rotatable bonds is 5. The van der Waals surface area contributed by atoms with E-state index in [2.05, 4.69) is 5.32 Å². The van der Waals surface area contributed by atoms with Crippen molar-refractivity contribution in [3.8, 4) is 5.75 Å². The fourth-order valence-electron chi connectivity index (χ4n) is 1.92. The molecule has 2 aromatic carbocycles. The maximum Gasteiger partial charge on any atom is 0.258 e. The van der Waals surface area contributed by atoms with Gasteiger partial charge in [0.1, 0.15) is 11.6 Å². The first-order valence-corrected chi connectivity index (χ1v) is 7.34. The van der Waals surface area contributed by atoms with Crippen LogP contribution in [0.25, 0.3) is 0 Å². The van der Waals surface area contributed by atoms with Crippen LogP contribution in [0.5, 0.6) is 5.75 Å². The first kappa shape index (κ1) is 16.6. The van der Waals surface area contributed by atoms with E-state index in [4.69, 9.17) is 27.9 Å². The summed E-state index contributed by atoms with van der Waals surface area (Å²) in [7, 11) is 0. The molecule has 0 saturated carbocycles. The molecule has 1 unspecified atom stereocenters. The van der Waals surface area contributed by atoms with Crippen molar-refractivity contribution in [1.29, 1.82) is 0 Å². The van der Waals surface area contributed by atoms with Crippen molar-refractivity contribution in [2.75, 3.05) is 6.61 Å². The number of carbonyl (C=O) groups excluding carboxylic acids is 1. The smallest absolute Gasteiger partial charge is 0.258 e. The highest BCUT2D eigenvalue weighted by atomic mass is 35.5. The normalized spacial score (nSPS) is 11.8. The summed E-state index contributed by atoms with van der Waals surface area (Å²) in [4.78, 5) is 11.9. The van der Waals surface area contributed by atoms with E-state index >= 15 is 0 Å². The number of amides is 1. The highest BCUT2D eigenvalue weighted by molar-refractivity contribution is 6.34. The van der Waals surface area contributed by atoms with Gasteiger partial charge in [-0.1, -0.05) is 41.4 Å². The molecule has 1 amide bonds. The Morgan fingerprint density at radius 1 is 1.27 bits per heavy atom. The lowest BCUT2D eigenvalue weighted by Crippen LogP contribution is -2.31. The van der Waals surface area contributed by atoms with Gasteiger partial charge in [-0.2, -0.15) is 0 Å². The molecule has 2 aromatic rings. The van der Waals surface area contributed by atoms with E-state index in [0.717, 1.165) is 0 Å². The second-order valence-electron chi connectivity index (χ2n) is 4.67. The zero-order chi connectivity index (χ0) is 16.1. The third kappa shape index (κ3) is 4.36. The Bertz CT molecular complexity index is 679. The summed E-state index contributed by atoms with van der Waals surface area (Å²) in [5.74, 6) is -0.427. The quantitative estimate of drug-likeness (QED) is 0.875. The van der Waals surface area contributed by atoms with E-state index in [1.54, 1.807) is 37.3 Å². The Labute approximate surface area is 138 Å². The molecule has 0 aliphatic heterocycles. The number of halogens is 3. The number of benzene rings is 2. The van der Waals surface area contributed by atoms with Gasteiger partial charge < -0.3 is 10.1 Å². The monoisotopic (exact) mass is 341 g/mol. The largest absolute Gasteiger partial charge is 0.482 e. The zero-order valence-corrected chi connectivity index (χ0v) is 13.3.